The monoisotopic (exact) mass is 686 g/mol. The minimum Gasteiger partial charge on any atom is -0.394 e. The van der Waals surface area contributed by atoms with Crippen LogP contribution in [-0.2, 0) is 39.5 Å². The van der Waals surface area contributed by atoms with E-state index in [0.717, 1.165) is 40.5 Å². The Morgan fingerprint density at radius 1 is 1.13 bits per heavy atom. The first-order valence-electron chi connectivity index (χ1n) is 15.8. The van der Waals surface area contributed by atoms with Crippen LogP contribution in [0.1, 0.15) is 48.4 Å². The summed E-state index contributed by atoms with van der Waals surface area (Å²) >= 11 is 3.50. The third-order valence-electron chi connectivity index (χ3n) is 9.41. The van der Waals surface area contributed by atoms with Crippen molar-refractivity contribution in [3.05, 3.63) is 106 Å². The van der Waals surface area contributed by atoms with Crippen molar-refractivity contribution in [2.24, 2.45) is 5.92 Å². The van der Waals surface area contributed by atoms with Gasteiger partial charge in [-0.05, 0) is 72.8 Å². The first-order valence-corrected chi connectivity index (χ1v) is 16.6. The van der Waals surface area contributed by atoms with Gasteiger partial charge in [-0.25, -0.2) is 0 Å². The number of aliphatic hydroxyl groups is 2. The van der Waals surface area contributed by atoms with E-state index in [9.17, 15) is 24.6 Å². The van der Waals surface area contributed by atoms with Gasteiger partial charge in [-0.15, -0.1) is 0 Å². The first kappa shape index (κ1) is 32.1. The fraction of sp³-hybridized carbons (Fsp3) is 0.361. The molecule has 3 heterocycles. The lowest BCUT2D eigenvalue weighted by atomic mass is 9.83. The highest BCUT2D eigenvalue weighted by atomic mass is 79.9. The van der Waals surface area contributed by atoms with Gasteiger partial charge in [-0.2, -0.15) is 0 Å². The molecule has 0 saturated carbocycles. The number of nitrogens with one attached hydrogen (secondary N) is 2. The van der Waals surface area contributed by atoms with Crippen molar-refractivity contribution in [3.63, 3.8) is 0 Å². The zero-order valence-corrected chi connectivity index (χ0v) is 27.4. The van der Waals surface area contributed by atoms with Crippen LogP contribution in [0.3, 0.4) is 0 Å². The minimum atomic E-state index is -1.85. The summed E-state index contributed by atoms with van der Waals surface area (Å²) in [6.07, 6.45) is 5.88. The Bertz CT molecular complexity index is 1670. The largest absolute Gasteiger partial charge is 0.394 e. The number of amides is 3. The molecule has 6 rings (SSSR count). The first-order chi connectivity index (χ1) is 22.2. The van der Waals surface area contributed by atoms with Gasteiger partial charge in [0, 0.05) is 34.6 Å². The van der Waals surface area contributed by atoms with E-state index in [1.54, 1.807) is 34.9 Å². The lowest BCUT2D eigenvalue weighted by molar-refractivity contribution is -0.139. The van der Waals surface area contributed by atoms with E-state index in [-0.39, 0.29) is 43.5 Å². The predicted octanol–water partition coefficient (Wildman–Crippen LogP) is 4.40. The standard InChI is InChI=1S/C36H39BrN4O5/c1-23(7-4-13-33(43)40-21-26-10-3-2-9-25(26)18-29(40)22-42)36(46)30-19-27(37)14-15-32(30)41(35(36)45)20-24-8-5-11-28(17-24)39-34(44)31-12-6-16-38-31/h2-5,7-11,14-15,17,19,23,29,31,38,42,46H,6,12-13,16,18,20-22H2,1H3,(H,39,44)/b7-4+/t23-,29+,31-,36+/m1/s1. The number of carbonyl (C=O) groups is 3. The second kappa shape index (κ2) is 13.5. The van der Waals surface area contributed by atoms with Crippen LogP contribution in [0.5, 0.6) is 0 Å². The molecule has 240 valence electrons. The van der Waals surface area contributed by atoms with Crippen LogP contribution >= 0.6 is 15.9 Å². The van der Waals surface area contributed by atoms with Crippen molar-refractivity contribution < 1.29 is 24.6 Å². The summed E-state index contributed by atoms with van der Waals surface area (Å²) in [7, 11) is 0. The van der Waals surface area contributed by atoms with E-state index >= 15 is 0 Å². The third-order valence-corrected chi connectivity index (χ3v) is 9.90. The fourth-order valence-corrected chi connectivity index (χ4v) is 7.18. The molecule has 1 saturated heterocycles. The summed E-state index contributed by atoms with van der Waals surface area (Å²) in [6.45, 7) is 3.12. The summed E-state index contributed by atoms with van der Waals surface area (Å²) in [6, 6.07) is 20.3. The van der Waals surface area contributed by atoms with Gasteiger partial charge in [0.05, 0.1) is 30.9 Å². The summed E-state index contributed by atoms with van der Waals surface area (Å²) in [5.41, 5.74) is 2.91. The summed E-state index contributed by atoms with van der Waals surface area (Å²) < 4.78 is 0.733. The summed E-state index contributed by atoms with van der Waals surface area (Å²) in [5, 5.41) is 28.3. The SMILES string of the molecule is C[C@H](/C=C/CC(=O)N1Cc2ccccc2C[C@H]1CO)[C@@]1(O)C(=O)N(Cc2cccc(NC(=O)[C@H]3CCCN3)c2)c2ccc(Br)cc21. The smallest absolute Gasteiger partial charge is 0.264 e. The Morgan fingerprint density at radius 2 is 1.93 bits per heavy atom. The Labute approximate surface area is 277 Å². The predicted molar refractivity (Wildman–Crippen MR) is 180 cm³/mol. The van der Waals surface area contributed by atoms with E-state index in [1.807, 2.05) is 60.7 Å². The van der Waals surface area contributed by atoms with E-state index in [1.165, 1.54) is 0 Å². The van der Waals surface area contributed by atoms with Gasteiger partial charge in [0.25, 0.3) is 5.91 Å². The maximum Gasteiger partial charge on any atom is 0.264 e. The third kappa shape index (κ3) is 6.27. The molecule has 1 fully saturated rings. The van der Waals surface area contributed by atoms with Gasteiger partial charge in [0.1, 0.15) is 0 Å². The molecule has 0 aromatic heterocycles. The molecule has 3 aromatic rings. The van der Waals surface area contributed by atoms with Gasteiger partial charge in [0.15, 0.2) is 5.60 Å². The van der Waals surface area contributed by atoms with Crippen molar-refractivity contribution in [3.8, 4) is 0 Å². The number of fused-ring (bicyclic) bond motifs is 2. The van der Waals surface area contributed by atoms with Crippen molar-refractivity contribution >= 4 is 45.0 Å². The van der Waals surface area contributed by atoms with Gasteiger partial charge in [-0.3, -0.25) is 14.4 Å². The van der Waals surface area contributed by atoms with Gasteiger partial charge in [0.2, 0.25) is 11.8 Å². The highest BCUT2D eigenvalue weighted by Crippen LogP contribution is 2.47. The van der Waals surface area contributed by atoms with E-state index in [2.05, 4.69) is 26.6 Å². The van der Waals surface area contributed by atoms with Crippen LogP contribution in [0.15, 0.2) is 83.4 Å². The van der Waals surface area contributed by atoms with E-state index in [0.29, 0.717) is 29.9 Å². The number of halogens is 1. The molecule has 0 spiro atoms. The quantitative estimate of drug-likeness (QED) is 0.248. The van der Waals surface area contributed by atoms with E-state index < -0.39 is 17.4 Å². The second-order valence-corrected chi connectivity index (χ2v) is 13.3. The van der Waals surface area contributed by atoms with Crippen LogP contribution in [-0.4, -0.2) is 58.1 Å². The van der Waals surface area contributed by atoms with Crippen molar-refractivity contribution in [1.82, 2.24) is 10.2 Å². The average molecular weight is 688 g/mol. The molecule has 0 aliphatic carbocycles. The molecule has 3 aliphatic rings. The Kier molecular flexibility index (Phi) is 9.42. The van der Waals surface area contributed by atoms with Crippen LogP contribution < -0.4 is 15.5 Å². The normalized spacial score (nSPS) is 23.0. The number of benzene rings is 3. The Morgan fingerprint density at radius 3 is 2.70 bits per heavy atom. The molecular weight excluding hydrogens is 648 g/mol. The number of rotatable bonds is 9. The lowest BCUT2D eigenvalue weighted by Crippen LogP contribution is -2.46. The summed E-state index contributed by atoms with van der Waals surface area (Å²) in [5.74, 6) is -1.30. The molecule has 3 aliphatic heterocycles. The topological polar surface area (TPSA) is 122 Å². The van der Waals surface area contributed by atoms with Crippen LogP contribution in [0.4, 0.5) is 11.4 Å². The highest BCUT2D eigenvalue weighted by molar-refractivity contribution is 9.10. The Hall–Kier alpha value is -3.83. The lowest BCUT2D eigenvalue weighted by Gasteiger charge is -2.36. The number of nitrogens with zero attached hydrogens (tertiary/aromatic N) is 2. The van der Waals surface area contributed by atoms with Gasteiger partial charge in [-0.1, -0.05) is 71.4 Å². The molecule has 9 nitrogen and oxygen atoms in total. The number of aliphatic hydroxyl groups excluding tert-OH is 1. The number of hydrogen-bond donors (Lipinski definition) is 4. The van der Waals surface area contributed by atoms with Gasteiger partial charge < -0.3 is 30.6 Å². The molecule has 4 N–H and O–H groups in total. The maximum absolute atomic E-state index is 14.1. The second-order valence-electron chi connectivity index (χ2n) is 12.4. The maximum atomic E-state index is 14.1. The molecule has 10 heteroatoms. The molecule has 0 radical (unpaired) electrons. The van der Waals surface area contributed by atoms with E-state index in [4.69, 9.17) is 0 Å². The van der Waals surface area contributed by atoms with Crippen molar-refractivity contribution in [1.29, 1.82) is 0 Å². The zero-order chi connectivity index (χ0) is 32.4. The van der Waals surface area contributed by atoms with Gasteiger partial charge >= 0.3 is 0 Å². The van der Waals surface area contributed by atoms with Crippen molar-refractivity contribution in [2.45, 2.75) is 63.4 Å². The molecule has 0 unspecified atom stereocenters. The molecular formula is C36H39BrN4O5. The molecule has 3 aromatic carbocycles. The molecule has 4 atom stereocenters. The fourth-order valence-electron chi connectivity index (χ4n) is 6.82. The highest BCUT2D eigenvalue weighted by Gasteiger charge is 2.52. The average Bonchev–Trinajstić information content (AvgIpc) is 3.67. The minimum absolute atomic E-state index is 0.0763. The van der Waals surface area contributed by atoms with Crippen LogP contribution in [0, 0.1) is 5.92 Å². The van der Waals surface area contributed by atoms with Crippen LogP contribution in [0.25, 0.3) is 0 Å². The molecule has 46 heavy (non-hydrogen) atoms. The van der Waals surface area contributed by atoms with Crippen molar-refractivity contribution in [2.75, 3.05) is 23.4 Å². The summed E-state index contributed by atoms with van der Waals surface area (Å²) in [4.78, 5) is 43.3. The Balaban J connectivity index is 1.17. The number of anilines is 2. The number of carbonyl (C=O) groups excluding carboxylic acids is 3. The molecule has 0 bridgehead atoms. The zero-order valence-electron chi connectivity index (χ0n) is 25.8. The number of hydrogen-bond acceptors (Lipinski definition) is 6. The molecule has 3 amide bonds. The van der Waals surface area contributed by atoms with Crippen LogP contribution in [0.2, 0.25) is 0 Å².